The lowest BCUT2D eigenvalue weighted by atomic mass is 9.64. The number of epoxide rings is 2. The Morgan fingerprint density at radius 3 is 0.841 bits per heavy atom. The molecule has 2 aromatic carbocycles. The van der Waals surface area contributed by atoms with Gasteiger partial charge in [0.1, 0.15) is 23.7 Å². The first-order valence-corrected chi connectivity index (χ1v) is 24.4. The van der Waals surface area contributed by atoms with E-state index in [1.807, 2.05) is 13.8 Å². The van der Waals surface area contributed by atoms with Gasteiger partial charge in [0, 0.05) is 27.7 Å². The van der Waals surface area contributed by atoms with E-state index in [0.717, 1.165) is 50.4 Å². The van der Waals surface area contributed by atoms with Crippen molar-refractivity contribution in [3.05, 3.63) is 57.6 Å². The van der Waals surface area contributed by atoms with Crippen LogP contribution in [0.1, 0.15) is 225 Å². The monoisotopic (exact) mass is 877 g/mol. The van der Waals surface area contributed by atoms with Gasteiger partial charge < -0.3 is 28.4 Å². The molecule has 2 saturated heterocycles. The third kappa shape index (κ3) is 15.5. The molecule has 0 radical (unpaired) electrons. The molecule has 0 spiro atoms. The van der Waals surface area contributed by atoms with Crippen LogP contribution in [0.15, 0.2) is 24.3 Å². The van der Waals surface area contributed by atoms with E-state index in [4.69, 9.17) is 28.4 Å². The molecule has 0 aromatic heterocycles. The van der Waals surface area contributed by atoms with Gasteiger partial charge in [0.2, 0.25) is 0 Å². The highest BCUT2D eigenvalue weighted by atomic mass is 16.7. The Balaban J connectivity index is 2.12. The Labute approximate surface area is 388 Å². The van der Waals surface area contributed by atoms with Gasteiger partial charge in [-0.15, -0.1) is 0 Å². The van der Waals surface area contributed by atoms with Crippen molar-refractivity contribution in [2.45, 2.75) is 244 Å². The summed E-state index contributed by atoms with van der Waals surface area (Å²) in [5, 5.41) is 0. The minimum atomic E-state index is -0.433. The van der Waals surface area contributed by atoms with E-state index in [2.05, 4.69) is 177 Å². The molecule has 6 nitrogen and oxygen atoms in total. The van der Waals surface area contributed by atoms with Crippen molar-refractivity contribution >= 4 is 0 Å². The molecule has 4 atom stereocenters. The molecule has 4 rings (SSSR count). The van der Waals surface area contributed by atoms with Crippen LogP contribution in [0.2, 0.25) is 0 Å². The largest absolute Gasteiger partial charge is 0.465 e. The van der Waals surface area contributed by atoms with Crippen molar-refractivity contribution < 1.29 is 28.4 Å². The minimum absolute atomic E-state index is 0.0856. The quantitative estimate of drug-likeness (QED) is 0.0975. The molecular weight excluding hydrogens is 781 g/mol. The highest BCUT2D eigenvalue weighted by Gasteiger charge is 2.42. The molecule has 360 valence electrons. The third-order valence-electron chi connectivity index (χ3n) is 12.8. The van der Waals surface area contributed by atoms with Gasteiger partial charge in [0.05, 0.1) is 26.4 Å². The second-order valence-corrected chi connectivity index (χ2v) is 27.9. The molecule has 0 bridgehead atoms. The number of hydrogen-bond donors (Lipinski definition) is 0. The van der Waals surface area contributed by atoms with Gasteiger partial charge in [-0.3, -0.25) is 0 Å². The third-order valence-corrected chi connectivity index (χ3v) is 12.8. The molecule has 2 aromatic rings. The summed E-state index contributed by atoms with van der Waals surface area (Å²) in [5.41, 5.74) is 6.60. The molecule has 0 N–H and O–H groups in total. The van der Waals surface area contributed by atoms with E-state index in [1.165, 1.54) is 33.4 Å². The van der Waals surface area contributed by atoms with Crippen molar-refractivity contribution in [1.29, 1.82) is 0 Å². The summed E-state index contributed by atoms with van der Waals surface area (Å²) < 4.78 is 38.0. The van der Waals surface area contributed by atoms with E-state index in [1.54, 1.807) is 0 Å². The summed E-state index contributed by atoms with van der Waals surface area (Å²) in [6.45, 7) is 59.0. The fourth-order valence-corrected chi connectivity index (χ4v) is 11.3. The topological polar surface area (TPSA) is 62.0 Å². The summed E-state index contributed by atoms with van der Waals surface area (Å²) in [5.74, 6) is 1.94. The van der Waals surface area contributed by atoms with Crippen LogP contribution in [0, 0.1) is 21.7 Å². The van der Waals surface area contributed by atoms with E-state index >= 15 is 0 Å². The molecule has 6 heteroatoms. The Kier molecular flexibility index (Phi) is 15.7. The van der Waals surface area contributed by atoms with Gasteiger partial charge in [0.15, 0.2) is 12.6 Å². The highest BCUT2D eigenvalue weighted by Crippen LogP contribution is 2.53. The van der Waals surface area contributed by atoms with E-state index in [-0.39, 0.29) is 55.5 Å². The van der Waals surface area contributed by atoms with Crippen molar-refractivity contribution in [3.63, 3.8) is 0 Å². The van der Waals surface area contributed by atoms with Gasteiger partial charge in [-0.05, 0) is 94.0 Å². The van der Waals surface area contributed by atoms with Crippen LogP contribution >= 0.6 is 0 Å². The minimum Gasteiger partial charge on any atom is -0.465 e. The second kappa shape index (κ2) is 18.5. The molecule has 2 fully saturated rings. The van der Waals surface area contributed by atoms with Crippen molar-refractivity contribution in [2.75, 3.05) is 26.4 Å². The van der Waals surface area contributed by atoms with Gasteiger partial charge in [0.25, 0.3) is 0 Å². The SMILES string of the molecule is CC(OCC1CO1)Oc1c(C(C)(C)CC(C)(C)C)cc(C(C)(C)c2cc(C(C)(C)CC(C)(C)C)c(OC(C)OCC3CO3)c(C(C)(C)CC(C)(C)C)c2)cc1C(C)(C)CC(C)(C)C. The zero-order valence-corrected chi connectivity index (χ0v) is 45.2. The fraction of sp³-hybridized carbons (Fsp3) is 0.789. The first-order valence-electron chi connectivity index (χ1n) is 24.4. The Morgan fingerprint density at radius 1 is 0.429 bits per heavy atom. The van der Waals surface area contributed by atoms with Crippen LogP contribution in [0.25, 0.3) is 0 Å². The molecule has 63 heavy (non-hydrogen) atoms. The van der Waals surface area contributed by atoms with Gasteiger partial charge in [-0.25, -0.2) is 0 Å². The van der Waals surface area contributed by atoms with Crippen LogP contribution in [-0.4, -0.2) is 51.2 Å². The summed E-state index contributed by atoms with van der Waals surface area (Å²) in [6.07, 6.45) is 3.40. The van der Waals surface area contributed by atoms with Crippen molar-refractivity contribution in [3.8, 4) is 11.5 Å². The summed E-state index contributed by atoms with van der Waals surface area (Å²) in [6, 6.07) is 9.98. The lowest BCUT2D eigenvalue weighted by Crippen LogP contribution is -2.33. The first kappa shape index (κ1) is 53.5. The molecule has 0 aliphatic carbocycles. The predicted molar refractivity (Wildman–Crippen MR) is 265 cm³/mol. The van der Waals surface area contributed by atoms with E-state index in [9.17, 15) is 0 Å². The van der Waals surface area contributed by atoms with E-state index < -0.39 is 18.0 Å². The maximum Gasteiger partial charge on any atom is 0.197 e. The summed E-state index contributed by atoms with van der Waals surface area (Å²) in [7, 11) is 0. The Hall–Kier alpha value is -2.12. The first-order chi connectivity index (χ1) is 28.2. The van der Waals surface area contributed by atoms with Gasteiger partial charge in [-0.1, -0.05) is 177 Å². The molecular formula is C57H96O6. The maximum atomic E-state index is 7.13. The molecule has 0 amide bonds. The van der Waals surface area contributed by atoms with Crippen LogP contribution in [-0.2, 0) is 46.0 Å². The second-order valence-electron chi connectivity index (χ2n) is 27.9. The number of hydrogen-bond acceptors (Lipinski definition) is 6. The van der Waals surface area contributed by atoms with Crippen LogP contribution < -0.4 is 9.47 Å². The Bertz CT molecular complexity index is 1610. The smallest absolute Gasteiger partial charge is 0.197 e. The summed E-state index contributed by atoms with van der Waals surface area (Å²) >= 11 is 0. The van der Waals surface area contributed by atoms with Crippen LogP contribution in [0.4, 0.5) is 0 Å². The number of ether oxygens (including phenoxy) is 6. The molecule has 2 aliphatic heterocycles. The molecule has 2 aliphatic rings. The average Bonchev–Trinajstić information content (AvgIpc) is 3.97. The number of benzene rings is 2. The molecule has 4 unspecified atom stereocenters. The van der Waals surface area contributed by atoms with Gasteiger partial charge in [-0.2, -0.15) is 0 Å². The standard InChI is InChI=1S/C57H96O6/c1-37(58-29-41-31-60-41)62-47-43(53(15,16)33-49(3,4)5)25-39(26-44(47)54(17,18)34-50(6,7)8)57(23,24)40-27-45(55(19,20)35-51(9,10)11)48(63-38(2)59-30-42-32-61-42)46(28-40)56(21,22)36-52(12,13)14/h25-28,37-38,41-42H,29-36H2,1-24H3. The van der Waals surface area contributed by atoms with Crippen LogP contribution in [0.3, 0.4) is 0 Å². The fourth-order valence-electron chi connectivity index (χ4n) is 11.3. The average molecular weight is 877 g/mol. The highest BCUT2D eigenvalue weighted by molar-refractivity contribution is 5.58. The molecule has 2 heterocycles. The maximum absolute atomic E-state index is 7.13. The lowest BCUT2D eigenvalue weighted by molar-refractivity contribution is -0.0729. The van der Waals surface area contributed by atoms with Crippen molar-refractivity contribution in [1.82, 2.24) is 0 Å². The zero-order chi connectivity index (χ0) is 48.2. The molecule has 0 saturated carbocycles. The predicted octanol–water partition coefficient (Wildman–Crippen LogP) is 15.1. The van der Waals surface area contributed by atoms with E-state index in [0.29, 0.717) is 13.2 Å². The van der Waals surface area contributed by atoms with Gasteiger partial charge >= 0.3 is 0 Å². The van der Waals surface area contributed by atoms with Crippen LogP contribution in [0.5, 0.6) is 11.5 Å². The lowest BCUT2D eigenvalue weighted by Gasteiger charge is -2.42. The summed E-state index contributed by atoms with van der Waals surface area (Å²) in [4.78, 5) is 0. The normalized spacial score (nSPS) is 19.2. The number of rotatable bonds is 20. The zero-order valence-electron chi connectivity index (χ0n) is 45.2. The Morgan fingerprint density at radius 2 is 0.651 bits per heavy atom. The van der Waals surface area contributed by atoms with Crippen molar-refractivity contribution in [2.24, 2.45) is 21.7 Å².